The molecule has 3 rings (SSSR count). The maximum atomic E-state index is 11.7. The number of nitrogens with one attached hydrogen (secondary N) is 1. The number of carbonyl (C=O) groups is 1. The second kappa shape index (κ2) is 7.73. The fourth-order valence-corrected chi connectivity index (χ4v) is 3.72. The van der Waals surface area contributed by atoms with Crippen LogP contribution in [0.5, 0.6) is 0 Å². The van der Waals surface area contributed by atoms with Crippen molar-refractivity contribution in [2.45, 2.75) is 25.5 Å². The lowest BCUT2D eigenvalue weighted by Crippen LogP contribution is -2.33. The molecule has 2 aromatic carbocycles. The van der Waals surface area contributed by atoms with E-state index in [0.717, 1.165) is 16.8 Å². The largest absolute Gasteiger partial charge is 0.510 e. The fourth-order valence-electron chi connectivity index (χ4n) is 2.97. The standard InChI is InChI=1S/C18H16Cl3NO3/c1-2-24-18(23)25-16-9-13(10-3-5-11(19)6-4-10)17-14(21)7-12(20)8-15(17)22-16/h3-8,13,16,22H,2,9H2,1H3. The van der Waals surface area contributed by atoms with Crippen LogP contribution in [-0.2, 0) is 9.47 Å². The maximum absolute atomic E-state index is 11.7. The van der Waals surface area contributed by atoms with Crippen molar-refractivity contribution in [1.29, 1.82) is 0 Å². The van der Waals surface area contributed by atoms with Gasteiger partial charge in [-0.1, -0.05) is 46.9 Å². The molecular formula is C18H16Cl3NO3. The molecule has 4 nitrogen and oxygen atoms in total. The second-order valence-electron chi connectivity index (χ2n) is 5.62. The van der Waals surface area contributed by atoms with Crippen LogP contribution in [0.3, 0.4) is 0 Å². The zero-order chi connectivity index (χ0) is 18.0. The average Bonchev–Trinajstić information content (AvgIpc) is 2.54. The zero-order valence-corrected chi connectivity index (χ0v) is 15.7. The number of halogens is 3. The third kappa shape index (κ3) is 4.14. The highest BCUT2D eigenvalue weighted by molar-refractivity contribution is 6.35. The Bertz CT molecular complexity index is 780. The summed E-state index contributed by atoms with van der Waals surface area (Å²) in [5, 5.41) is 4.88. The van der Waals surface area contributed by atoms with Crippen LogP contribution >= 0.6 is 34.8 Å². The topological polar surface area (TPSA) is 47.6 Å². The Labute approximate surface area is 161 Å². The van der Waals surface area contributed by atoms with E-state index in [0.29, 0.717) is 21.5 Å². The van der Waals surface area contributed by atoms with E-state index in [1.165, 1.54) is 0 Å². The Morgan fingerprint density at radius 2 is 1.88 bits per heavy atom. The molecule has 0 bridgehead atoms. The summed E-state index contributed by atoms with van der Waals surface area (Å²) in [5.41, 5.74) is 2.67. The van der Waals surface area contributed by atoms with E-state index in [1.54, 1.807) is 19.1 Å². The van der Waals surface area contributed by atoms with Crippen LogP contribution in [0, 0.1) is 0 Å². The van der Waals surface area contributed by atoms with Gasteiger partial charge in [0.15, 0.2) is 6.23 Å². The first-order chi connectivity index (χ1) is 12.0. The fraction of sp³-hybridized carbons (Fsp3) is 0.278. The number of ether oxygens (including phenoxy) is 2. The van der Waals surface area contributed by atoms with Gasteiger partial charge in [-0.3, -0.25) is 0 Å². The van der Waals surface area contributed by atoms with E-state index in [2.05, 4.69) is 5.32 Å². The maximum Gasteiger partial charge on any atom is 0.510 e. The highest BCUT2D eigenvalue weighted by Gasteiger charge is 2.32. The van der Waals surface area contributed by atoms with Gasteiger partial charge >= 0.3 is 6.16 Å². The van der Waals surface area contributed by atoms with Gasteiger partial charge in [-0.25, -0.2) is 4.79 Å². The van der Waals surface area contributed by atoms with Gasteiger partial charge in [0.05, 0.1) is 6.61 Å². The van der Waals surface area contributed by atoms with Gasteiger partial charge in [0.1, 0.15) is 0 Å². The first kappa shape index (κ1) is 18.2. The summed E-state index contributed by atoms with van der Waals surface area (Å²) in [6, 6.07) is 11.0. The first-order valence-corrected chi connectivity index (χ1v) is 8.95. The number of hydrogen-bond acceptors (Lipinski definition) is 4. The third-order valence-corrected chi connectivity index (χ3v) is 4.76. The first-order valence-electron chi connectivity index (χ1n) is 7.82. The van der Waals surface area contributed by atoms with Crippen molar-refractivity contribution in [3.63, 3.8) is 0 Å². The third-order valence-electron chi connectivity index (χ3n) is 3.98. The van der Waals surface area contributed by atoms with Gasteiger partial charge in [-0.05, 0) is 36.8 Å². The minimum Gasteiger partial charge on any atom is -0.435 e. The highest BCUT2D eigenvalue weighted by atomic mass is 35.5. The number of carbonyl (C=O) groups excluding carboxylic acids is 1. The Kier molecular flexibility index (Phi) is 5.62. The summed E-state index contributed by atoms with van der Waals surface area (Å²) in [4.78, 5) is 11.7. The molecular weight excluding hydrogens is 385 g/mol. The smallest absolute Gasteiger partial charge is 0.435 e. The van der Waals surface area contributed by atoms with Crippen LogP contribution in [0.1, 0.15) is 30.4 Å². The molecule has 1 N–H and O–H groups in total. The molecule has 0 saturated carbocycles. The molecule has 25 heavy (non-hydrogen) atoms. The molecule has 1 heterocycles. The summed E-state index contributed by atoms with van der Waals surface area (Å²) in [7, 11) is 0. The van der Waals surface area contributed by atoms with Gasteiger partial charge in [0.25, 0.3) is 0 Å². The number of anilines is 1. The van der Waals surface area contributed by atoms with Crippen LogP contribution in [-0.4, -0.2) is 19.0 Å². The Balaban J connectivity index is 1.98. The molecule has 1 aliphatic heterocycles. The van der Waals surface area contributed by atoms with Crippen LogP contribution in [0.4, 0.5) is 10.5 Å². The second-order valence-corrected chi connectivity index (χ2v) is 6.90. The SMILES string of the molecule is CCOC(=O)OC1CC(c2ccc(Cl)cc2)c2c(Cl)cc(Cl)cc2N1. The molecule has 2 unspecified atom stereocenters. The van der Waals surface area contributed by atoms with E-state index in [-0.39, 0.29) is 12.5 Å². The van der Waals surface area contributed by atoms with Crippen molar-refractivity contribution in [2.24, 2.45) is 0 Å². The van der Waals surface area contributed by atoms with Gasteiger partial charge in [0, 0.05) is 38.7 Å². The summed E-state index contributed by atoms with van der Waals surface area (Å²) in [6.07, 6.45) is -0.761. The van der Waals surface area contributed by atoms with Crippen molar-refractivity contribution in [3.05, 3.63) is 62.6 Å². The summed E-state index contributed by atoms with van der Waals surface area (Å²) >= 11 is 18.6. The summed E-state index contributed by atoms with van der Waals surface area (Å²) in [6.45, 7) is 1.97. The molecule has 0 aromatic heterocycles. The highest BCUT2D eigenvalue weighted by Crippen LogP contribution is 2.44. The predicted octanol–water partition coefficient (Wildman–Crippen LogP) is 6.09. The van der Waals surface area contributed by atoms with E-state index in [4.69, 9.17) is 44.3 Å². The van der Waals surface area contributed by atoms with Gasteiger partial charge in [-0.15, -0.1) is 0 Å². The summed E-state index contributed by atoms with van der Waals surface area (Å²) < 4.78 is 10.2. The lowest BCUT2D eigenvalue weighted by molar-refractivity contribution is 0.0302. The Hall–Kier alpha value is -1.62. The number of benzene rings is 2. The van der Waals surface area contributed by atoms with Gasteiger partial charge in [-0.2, -0.15) is 0 Å². The minimum absolute atomic E-state index is 0.0716. The molecule has 2 aromatic rings. The molecule has 0 saturated heterocycles. The minimum atomic E-state index is -0.716. The lowest BCUT2D eigenvalue weighted by Gasteiger charge is -2.33. The summed E-state index contributed by atoms with van der Waals surface area (Å²) in [5.74, 6) is -0.0716. The molecule has 1 aliphatic rings. The number of hydrogen-bond donors (Lipinski definition) is 1. The van der Waals surface area contributed by atoms with E-state index < -0.39 is 12.4 Å². The van der Waals surface area contributed by atoms with Crippen molar-refractivity contribution in [2.75, 3.05) is 11.9 Å². The molecule has 2 atom stereocenters. The monoisotopic (exact) mass is 399 g/mol. The van der Waals surface area contributed by atoms with E-state index in [1.807, 2.05) is 24.3 Å². The normalized spacial score (nSPS) is 18.9. The molecule has 0 amide bonds. The molecule has 132 valence electrons. The Morgan fingerprint density at radius 1 is 1.16 bits per heavy atom. The van der Waals surface area contributed by atoms with Gasteiger partial charge < -0.3 is 14.8 Å². The Morgan fingerprint density at radius 3 is 2.56 bits per heavy atom. The number of fused-ring (bicyclic) bond motifs is 1. The quantitative estimate of drug-likeness (QED) is 0.633. The lowest BCUT2D eigenvalue weighted by atomic mass is 9.84. The van der Waals surface area contributed by atoms with Crippen molar-refractivity contribution >= 4 is 46.6 Å². The predicted molar refractivity (Wildman–Crippen MR) is 99.9 cm³/mol. The molecule has 0 aliphatic carbocycles. The molecule has 0 radical (unpaired) electrons. The van der Waals surface area contributed by atoms with Crippen molar-refractivity contribution in [1.82, 2.24) is 0 Å². The molecule has 0 spiro atoms. The molecule has 0 fully saturated rings. The zero-order valence-electron chi connectivity index (χ0n) is 13.4. The average molecular weight is 401 g/mol. The molecule has 7 heteroatoms. The van der Waals surface area contributed by atoms with Crippen LogP contribution < -0.4 is 5.32 Å². The van der Waals surface area contributed by atoms with E-state index in [9.17, 15) is 4.79 Å². The number of rotatable bonds is 3. The van der Waals surface area contributed by atoms with Crippen LogP contribution in [0.15, 0.2) is 36.4 Å². The van der Waals surface area contributed by atoms with E-state index >= 15 is 0 Å². The van der Waals surface area contributed by atoms with Crippen LogP contribution in [0.2, 0.25) is 15.1 Å². The van der Waals surface area contributed by atoms with Gasteiger partial charge in [0.2, 0.25) is 0 Å². The van der Waals surface area contributed by atoms with Crippen molar-refractivity contribution in [3.8, 4) is 0 Å². The van der Waals surface area contributed by atoms with Crippen LogP contribution in [0.25, 0.3) is 0 Å². The van der Waals surface area contributed by atoms with Crippen molar-refractivity contribution < 1.29 is 14.3 Å².